The van der Waals surface area contributed by atoms with Crippen LogP contribution < -0.4 is 20.3 Å². The number of hydrogen-bond acceptors (Lipinski definition) is 7. The number of carbonyl (C=O) groups is 1. The number of carbonyl (C=O) groups excluding carboxylic acids is 1. The summed E-state index contributed by atoms with van der Waals surface area (Å²) in [7, 11) is 1.64. The number of methoxy groups -OCH3 is 1. The van der Waals surface area contributed by atoms with E-state index < -0.39 is 12.0 Å². The standard InChI is InChI=1S/C21H24N2O4.C20H16O2/c1-13(11-14-3-5-15(27-2)6-4-14)22-12-19(25)16-7-9-18(24)21-17(16)8-10-20(26)23-21;21-20(22-18-14-8-3-9-15-18)19(16-10-4-1-5-11-16)17-12-6-2-7-13-17/h3-10,13,19,22,24-25H,11-12H2,1-2H3,(H,23,26);1-15,19H/t13-,19+;/m1./s1. The number of benzene rings is 5. The van der Waals surface area contributed by atoms with Gasteiger partial charge in [-0.05, 0) is 72.0 Å². The van der Waals surface area contributed by atoms with Gasteiger partial charge in [0.1, 0.15) is 23.2 Å². The summed E-state index contributed by atoms with van der Waals surface area (Å²) in [5.41, 5.74) is 3.73. The molecule has 5 aromatic carbocycles. The normalized spacial score (nSPS) is 12.1. The molecule has 1 aromatic heterocycles. The molecule has 6 aromatic rings. The molecule has 0 aliphatic carbocycles. The van der Waals surface area contributed by atoms with E-state index in [9.17, 15) is 19.8 Å². The van der Waals surface area contributed by atoms with Crippen LogP contribution >= 0.6 is 0 Å². The van der Waals surface area contributed by atoms with E-state index in [1.165, 1.54) is 17.7 Å². The first-order valence-electron chi connectivity index (χ1n) is 16.1. The quantitative estimate of drug-likeness (QED) is 0.0883. The first-order valence-corrected chi connectivity index (χ1v) is 16.1. The molecule has 0 bridgehead atoms. The molecular weight excluding hydrogens is 616 g/mol. The number of fused-ring (bicyclic) bond motifs is 1. The smallest absolute Gasteiger partial charge is 0.323 e. The van der Waals surface area contributed by atoms with Crippen molar-refractivity contribution in [1.82, 2.24) is 10.3 Å². The van der Waals surface area contributed by atoms with Crippen molar-refractivity contribution in [2.75, 3.05) is 13.7 Å². The second kappa shape index (κ2) is 16.9. The summed E-state index contributed by atoms with van der Waals surface area (Å²) >= 11 is 0. The number of ether oxygens (including phenoxy) is 2. The van der Waals surface area contributed by atoms with Crippen LogP contribution in [0.3, 0.4) is 0 Å². The summed E-state index contributed by atoms with van der Waals surface area (Å²) in [4.78, 5) is 26.8. The molecule has 0 fully saturated rings. The number of para-hydroxylation sites is 1. The van der Waals surface area contributed by atoms with E-state index in [-0.39, 0.29) is 23.3 Å². The van der Waals surface area contributed by atoms with Crippen molar-refractivity contribution >= 4 is 16.9 Å². The molecule has 0 spiro atoms. The van der Waals surface area contributed by atoms with Crippen molar-refractivity contribution < 1.29 is 24.5 Å². The van der Waals surface area contributed by atoms with Crippen molar-refractivity contribution in [1.29, 1.82) is 0 Å². The van der Waals surface area contributed by atoms with E-state index in [0.717, 1.165) is 23.3 Å². The number of pyridine rings is 1. The molecule has 0 saturated heterocycles. The van der Waals surface area contributed by atoms with Crippen molar-refractivity contribution in [3.8, 4) is 17.2 Å². The van der Waals surface area contributed by atoms with E-state index >= 15 is 0 Å². The molecule has 0 saturated carbocycles. The number of hydrogen-bond donors (Lipinski definition) is 4. The fraction of sp³-hybridized carbons (Fsp3) is 0.171. The monoisotopic (exact) mass is 656 g/mol. The van der Waals surface area contributed by atoms with Crippen molar-refractivity contribution in [2.45, 2.75) is 31.4 Å². The maximum atomic E-state index is 12.7. The van der Waals surface area contributed by atoms with E-state index in [4.69, 9.17) is 9.47 Å². The van der Waals surface area contributed by atoms with Crippen LogP contribution in [0, 0.1) is 0 Å². The average Bonchev–Trinajstić information content (AvgIpc) is 3.13. The van der Waals surface area contributed by atoms with E-state index in [2.05, 4.69) is 17.2 Å². The van der Waals surface area contributed by atoms with Crippen LogP contribution in [-0.4, -0.2) is 40.9 Å². The second-order valence-electron chi connectivity index (χ2n) is 11.7. The second-order valence-corrected chi connectivity index (χ2v) is 11.7. The van der Waals surface area contributed by atoms with Gasteiger partial charge in [-0.15, -0.1) is 0 Å². The topological polar surface area (TPSA) is 121 Å². The van der Waals surface area contributed by atoms with Gasteiger partial charge < -0.3 is 30.0 Å². The lowest BCUT2D eigenvalue weighted by molar-refractivity contribution is -0.135. The zero-order valence-corrected chi connectivity index (χ0v) is 27.5. The first-order chi connectivity index (χ1) is 23.8. The summed E-state index contributed by atoms with van der Waals surface area (Å²) in [6, 6.07) is 42.8. The maximum absolute atomic E-state index is 12.7. The Hall–Kier alpha value is -5.70. The molecule has 8 nitrogen and oxygen atoms in total. The van der Waals surface area contributed by atoms with Crippen molar-refractivity contribution in [3.05, 3.63) is 172 Å². The number of aromatic nitrogens is 1. The van der Waals surface area contributed by atoms with Gasteiger partial charge in [-0.3, -0.25) is 9.59 Å². The Kier molecular flexibility index (Phi) is 12.0. The third-order valence-electron chi connectivity index (χ3n) is 8.09. The Labute approximate surface area is 285 Å². The Morgan fingerprint density at radius 1 is 0.755 bits per heavy atom. The summed E-state index contributed by atoms with van der Waals surface area (Å²) in [5, 5.41) is 24.5. The van der Waals surface area contributed by atoms with Gasteiger partial charge in [0, 0.05) is 24.0 Å². The molecule has 0 unspecified atom stereocenters. The van der Waals surface area contributed by atoms with Crippen LogP contribution in [0.1, 0.15) is 41.2 Å². The number of H-pyrrole nitrogens is 1. The summed E-state index contributed by atoms with van der Waals surface area (Å²) in [6.07, 6.45) is 0.0534. The molecule has 0 amide bonds. The largest absolute Gasteiger partial charge is 0.506 e. The highest BCUT2D eigenvalue weighted by Crippen LogP contribution is 2.29. The molecular formula is C41H40N2O6. The molecule has 49 heavy (non-hydrogen) atoms. The molecule has 4 N–H and O–H groups in total. The Bertz CT molecular complexity index is 1940. The number of phenolic OH excluding ortho intramolecular Hbond substituents is 1. The van der Waals surface area contributed by atoms with Gasteiger partial charge in [-0.1, -0.05) is 97.1 Å². The van der Waals surface area contributed by atoms with Crippen LogP contribution in [0.5, 0.6) is 17.2 Å². The van der Waals surface area contributed by atoms with E-state index in [1.807, 2.05) is 103 Å². The third kappa shape index (κ3) is 9.44. The maximum Gasteiger partial charge on any atom is 0.323 e. The number of aliphatic hydroxyl groups is 1. The average molecular weight is 657 g/mol. The number of esters is 1. The van der Waals surface area contributed by atoms with Crippen LogP contribution in [0.15, 0.2) is 144 Å². The molecule has 0 aliphatic rings. The number of phenols is 1. The Morgan fingerprint density at radius 2 is 1.35 bits per heavy atom. The zero-order valence-electron chi connectivity index (χ0n) is 27.5. The van der Waals surface area contributed by atoms with E-state index in [1.54, 1.807) is 31.4 Å². The lowest BCUT2D eigenvalue weighted by Gasteiger charge is -2.19. The fourth-order valence-corrected chi connectivity index (χ4v) is 5.58. The fourth-order valence-electron chi connectivity index (χ4n) is 5.58. The van der Waals surface area contributed by atoms with E-state index in [0.29, 0.717) is 28.8 Å². The van der Waals surface area contributed by atoms with Gasteiger partial charge in [-0.25, -0.2) is 0 Å². The number of aromatic hydroxyl groups is 1. The van der Waals surface area contributed by atoms with Crippen molar-refractivity contribution in [2.24, 2.45) is 0 Å². The predicted molar refractivity (Wildman–Crippen MR) is 192 cm³/mol. The molecule has 0 radical (unpaired) electrons. The van der Waals surface area contributed by atoms with Gasteiger partial charge in [0.05, 0.1) is 18.7 Å². The molecule has 8 heteroatoms. The Morgan fingerprint density at radius 3 is 1.94 bits per heavy atom. The first kappa shape index (κ1) is 34.6. The van der Waals surface area contributed by atoms with Crippen LogP contribution in [0.4, 0.5) is 0 Å². The molecule has 1 heterocycles. The lowest BCUT2D eigenvalue weighted by atomic mass is 9.91. The summed E-state index contributed by atoms with van der Waals surface area (Å²) < 4.78 is 10.7. The van der Waals surface area contributed by atoms with Crippen LogP contribution in [-0.2, 0) is 11.2 Å². The SMILES string of the molecule is COc1ccc(C[C@@H](C)NC[C@H](O)c2ccc(O)c3[nH]c(=O)ccc23)cc1.O=C(Oc1ccccc1)C(c1ccccc1)c1ccccc1. The highest BCUT2D eigenvalue weighted by Gasteiger charge is 2.24. The highest BCUT2D eigenvalue weighted by molar-refractivity contribution is 5.87. The molecule has 6 rings (SSSR count). The zero-order chi connectivity index (χ0) is 34.6. The molecule has 0 aliphatic heterocycles. The van der Waals surface area contributed by atoms with Gasteiger partial charge >= 0.3 is 5.97 Å². The summed E-state index contributed by atoms with van der Waals surface area (Å²) in [6.45, 7) is 2.42. The number of nitrogens with one attached hydrogen (secondary N) is 2. The number of aliphatic hydroxyl groups excluding tert-OH is 1. The number of aromatic amines is 1. The van der Waals surface area contributed by atoms with Gasteiger partial charge in [0.2, 0.25) is 5.56 Å². The van der Waals surface area contributed by atoms with Crippen LogP contribution in [0.2, 0.25) is 0 Å². The Balaban J connectivity index is 0.000000195. The number of rotatable bonds is 11. The third-order valence-corrected chi connectivity index (χ3v) is 8.09. The minimum absolute atomic E-state index is 0.0144. The van der Waals surface area contributed by atoms with Crippen molar-refractivity contribution in [3.63, 3.8) is 0 Å². The molecule has 2 atom stereocenters. The van der Waals surface area contributed by atoms with Crippen LogP contribution in [0.25, 0.3) is 10.9 Å². The van der Waals surface area contributed by atoms with Gasteiger partial charge in [0.15, 0.2) is 0 Å². The van der Waals surface area contributed by atoms with Gasteiger partial charge in [0.25, 0.3) is 0 Å². The highest BCUT2D eigenvalue weighted by atomic mass is 16.5. The molecule has 250 valence electrons. The van der Waals surface area contributed by atoms with Gasteiger partial charge in [-0.2, -0.15) is 0 Å². The lowest BCUT2D eigenvalue weighted by Crippen LogP contribution is -2.32. The minimum Gasteiger partial charge on any atom is -0.506 e. The minimum atomic E-state index is -0.766. The summed E-state index contributed by atoms with van der Waals surface area (Å²) in [5.74, 6) is 0.669. The predicted octanol–water partition coefficient (Wildman–Crippen LogP) is 6.92.